The van der Waals surface area contributed by atoms with Gasteiger partial charge in [0, 0.05) is 18.0 Å². The van der Waals surface area contributed by atoms with E-state index >= 15 is 0 Å². The molecule has 42 valence electrons. The highest BCUT2D eigenvalue weighted by Gasteiger charge is 1.99. The molecule has 0 fully saturated rings. The quantitative estimate of drug-likeness (QED) is 0.449. The molecule has 0 aliphatic carbocycles. The Labute approximate surface area is 47.4 Å². The lowest BCUT2D eigenvalue weighted by atomic mass is 10.3. The Bertz CT molecular complexity index is 176. The summed E-state index contributed by atoms with van der Waals surface area (Å²) in [5.41, 5.74) is 12.0. The Kier molecular flexibility index (Phi) is 1.04. The van der Waals surface area contributed by atoms with E-state index in [1.807, 2.05) is 0 Å². The second-order valence-corrected chi connectivity index (χ2v) is 1.48. The SMILES string of the molecule is N/C=C1/C=NC=C1N. The number of rotatable bonds is 0. The van der Waals surface area contributed by atoms with Crippen molar-refractivity contribution < 1.29 is 0 Å². The molecule has 0 bridgehead atoms. The van der Waals surface area contributed by atoms with Crippen molar-refractivity contribution in [2.45, 2.75) is 0 Å². The Morgan fingerprint density at radius 1 is 1.62 bits per heavy atom. The zero-order valence-electron chi connectivity index (χ0n) is 4.33. The fourth-order valence-electron chi connectivity index (χ4n) is 0.486. The van der Waals surface area contributed by atoms with Crippen LogP contribution < -0.4 is 11.5 Å². The second-order valence-electron chi connectivity index (χ2n) is 1.48. The van der Waals surface area contributed by atoms with E-state index < -0.39 is 0 Å². The molecule has 1 aliphatic heterocycles. The first-order valence-corrected chi connectivity index (χ1v) is 2.25. The standard InChI is InChI=1S/C5H7N3/c6-1-4-2-8-3-5(4)7/h1-3H,6-7H2/b4-1-. The first-order chi connectivity index (χ1) is 3.84. The molecular weight excluding hydrogens is 102 g/mol. The van der Waals surface area contributed by atoms with Crippen LogP contribution in [0.15, 0.2) is 28.7 Å². The monoisotopic (exact) mass is 109 g/mol. The van der Waals surface area contributed by atoms with E-state index in [2.05, 4.69) is 4.99 Å². The Hall–Kier alpha value is -1.25. The third-order valence-corrected chi connectivity index (χ3v) is 0.940. The minimum absolute atomic E-state index is 0.632. The summed E-state index contributed by atoms with van der Waals surface area (Å²) < 4.78 is 0. The highest BCUT2D eigenvalue weighted by molar-refractivity contribution is 5.87. The third kappa shape index (κ3) is 0.578. The minimum Gasteiger partial charge on any atom is -0.404 e. The van der Waals surface area contributed by atoms with E-state index in [1.54, 1.807) is 12.4 Å². The van der Waals surface area contributed by atoms with Crippen LogP contribution in [0.1, 0.15) is 0 Å². The molecule has 4 N–H and O–H groups in total. The number of nitrogens with two attached hydrogens (primary N) is 2. The average molecular weight is 109 g/mol. The van der Waals surface area contributed by atoms with Crippen LogP contribution in [0, 0.1) is 0 Å². The average Bonchev–Trinajstić information content (AvgIpc) is 2.14. The molecule has 0 saturated heterocycles. The van der Waals surface area contributed by atoms with E-state index in [1.165, 1.54) is 6.20 Å². The lowest BCUT2D eigenvalue weighted by molar-refractivity contribution is 1.37. The van der Waals surface area contributed by atoms with Crippen molar-refractivity contribution in [2.24, 2.45) is 16.5 Å². The molecule has 0 aromatic carbocycles. The predicted octanol–water partition coefficient (Wildman–Crippen LogP) is -0.286. The predicted molar refractivity (Wildman–Crippen MR) is 33.0 cm³/mol. The highest BCUT2D eigenvalue weighted by Crippen LogP contribution is 2.04. The fraction of sp³-hybridized carbons (Fsp3) is 0. The maximum atomic E-state index is 5.38. The Balaban J connectivity index is 2.88. The van der Waals surface area contributed by atoms with Gasteiger partial charge in [-0.05, 0) is 0 Å². The largest absolute Gasteiger partial charge is 0.404 e. The molecule has 1 heterocycles. The maximum absolute atomic E-state index is 5.38. The van der Waals surface area contributed by atoms with Gasteiger partial charge in [-0.3, -0.25) is 4.99 Å². The smallest absolute Gasteiger partial charge is 0.0603 e. The van der Waals surface area contributed by atoms with Crippen LogP contribution in [-0.2, 0) is 0 Å². The molecule has 0 saturated carbocycles. The zero-order valence-corrected chi connectivity index (χ0v) is 4.33. The van der Waals surface area contributed by atoms with Crippen molar-refractivity contribution in [3.8, 4) is 0 Å². The topological polar surface area (TPSA) is 64.4 Å². The van der Waals surface area contributed by atoms with Crippen LogP contribution in [0.4, 0.5) is 0 Å². The van der Waals surface area contributed by atoms with Gasteiger partial charge in [0.05, 0.1) is 11.9 Å². The van der Waals surface area contributed by atoms with Crippen molar-refractivity contribution in [3.05, 3.63) is 23.7 Å². The van der Waals surface area contributed by atoms with Gasteiger partial charge >= 0.3 is 0 Å². The third-order valence-electron chi connectivity index (χ3n) is 0.940. The van der Waals surface area contributed by atoms with E-state index in [0.717, 1.165) is 5.57 Å². The summed E-state index contributed by atoms with van der Waals surface area (Å²) in [5, 5.41) is 0. The summed E-state index contributed by atoms with van der Waals surface area (Å²) in [4.78, 5) is 3.76. The van der Waals surface area contributed by atoms with E-state index in [0.29, 0.717) is 5.70 Å². The van der Waals surface area contributed by atoms with Gasteiger partial charge in [0.25, 0.3) is 0 Å². The van der Waals surface area contributed by atoms with E-state index in [9.17, 15) is 0 Å². The van der Waals surface area contributed by atoms with Crippen LogP contribution in [0.3, 0.4) is 0 Å². The van der Waals surface area contributed by atoms with E-state index in [4.69, 9.17) is 11.5 Å². The van der Waals surface area contributed by atoms with Crippen LogP contribution in [-0.4, -0.2) is 6.21 Å². The molecule has 3 nitrogen and oxygen atoms in total. The van der Waals surface area contributed by atoms with Crippen molar-refractivity contribution in [1.29, 1.82) is 0 Å². The van der Waals surface area contributed by atoms with Crippen molar-refractivity contribution >= 4 is 6.21 Å². The van der Waals surface area contributed by atoms with Gasteiger partial charge in [0.2, 0.25) is 0 Å². The molecule has 8 heavy (non-hydrogen) atoms. The normalized spacial score (nSPS) is 22.0. The second kappa shape index (κ2) is 1.69. The van der Waals surface area contributed by atoms with Crippen molar-refractivity contribution in [3.63, 3.8) is 0 Å². The van der Waals surface area contributed by atoms with Crippen LogP contribution in [0.25, 0.3) is 0 Å². The summed E-state index contributed by atoms with van der Waals surface area (Å²) in [6.07, 6.45) is 4.62. The molecule has 0 aromatic rings. The zero-order chi connectivity index (χ0) is 5.98. The lowest BCUT2D eigenvalue weighted by Gasteiger charge is -1.88. The summed E-state index contributed by atoms with van der Waals surface area (Å²) in [7, 11) is 0. The van der Waals surface area contributed by atoms with Crippen LogP contribution in [0.2, 0.25) is 0 Å². The minimum atomic E-state index is 0.632. The lowest BCUT2D eigenvalue weighted by Crippen LogP contribution is -1.99. The molecule has 0 amide bonds. The Morgan fingerprint density at radius 2 is 2.38 bits per heavy atom. The van der Waals surface area contributed by atoms with Gasteiger partial charge < -0.3 is 11.5 Å². The first-order valence-electron chi connectivity index (χ1n) is 2.25. The van der Waals surface area contributed by atoms with Gasteiger partial charge in [-0.15, -0.1) is 0 Å². The molecule has 0 atom stereocenters. The molecule has 0 aromatic heterocycles. The summed E-state index contributed by atoms with van der Waals surface area (Å²) in [6, 6.07) is 0. The van der Waals surface area contributed by atoms with Crippen molar-refractivity contribution in [2.75, 3.05) is 0 Å². The molecule has 0 radical (unpaired) electrons. The van der Waals surface area contributed by atoms with Gasteiger partial charge in [0.1, 0.15) is 0 Å². The molecule has 1 rings (SSSR count). The number of allylic oxidation sites excluding steroid dienone is 1. The molecular formula is C5H7N3. The van der Waals surface area contributed by atoms with Crippen molar-refractivity contribution in [1.82, 2.24) is 0 Å². The van der Waals surface area contributed by atoms with Gasteiger partial charge in [0.15, 0.2) is 0 Å². The Morgan fingerprint density at radius 3 is 2.62 bits per heavy atom. The highest BCUT2D eigenvalue weighted by atomic mass is 14.8. The summed E-state index contributed by atoms with van der Waals surface area (Å²) in [5.74, 6) is 0. The first kappa shape index (κ1) is 4.90. The number of hydrogen-bond acceptors (Lipinski definition) is 3. The number of hydrogen-bond donors (Lipinski definition) is 2. The molecule has 0 spiro atoms. The molecule has 3 heteroatoms. The fourth-order valence-corrected chi connectivity index (χ4v) is 0.486. The molecule has 1 aliphatic rings. The van der Waals surface area contributed by atoms with Crippen LogP contribution >= 0.6 is 0 Å². The van der Waals surface area contributed by atoms with Crippen LogP contribution in [0.5, 0.6) is 0 Å². The summed E-state index contributed by atoms with van der Waals surface area (Å²) in [6.45, 7) is 0. The summed E-state index contributed by atoms with van der Waals surface area (Å²) >= 11 is 0. The van der Waals surface area contributed by atoms with Gasteiger partial charge in [-0.1, -0.05) is 0 Å². The number of nitrogens with zero attached hydrogens (tertiary/aromatic N) is 1. The maximum Gasteiger partial charge on any atom is 0.0603 e. The van der Waals surface area contributed by atoms with Gasteiger partial charge in [-0.25, -0.2) is 0 Å². The van der Waals surface area contributed by atoms with Gasteiger partial charge in [-0.2, -0.15) is 0 Å². The number of aliphatic imine (C=N–C) groups is 1. The molecule has 0 unspecified atom stereocenters. The van der Waals surface area contributed by atoms with E-state index in [-0.39, 0.29) is 0 Å².